The summed E-state index contributed by atoms with van der Waals surface area (Å²) >= 11 is 0. The number of carboxylic acid groups (broad SMARTS) is 1. The smallest absolute Gasteiger partial charge is 0.306 e. The molecule has 1 aromatic carbocycles. The summed E-state index contributed by atoms with van der Waals surface area (Å²) < 4.78 is 11.1. The molecule has 2 aliphatic rings. The zero-order valence-corrected chi connectivity index (χ0v) is 10.5. The topological polar surface area (TPSA) is 76.0 Å². The summed E-state index contributed by atoms with van der Waals surface area (Å²) in [7, 11) is 0. The summed E-state index contributed by atoms with van der Waals surface area (Å²) in [4.78, 5) is 10.8. The Bertz CT molecular complexity index is 505. The number of ether oxygens (including phenoxy) is 2. The van der Waals surface area contributed by atoms with Crippen LogP contribution in [-0.4, -0.2) is 29.4 Å². The zero-order valence-electron chi connectivity index (χ0n) is 10.5. The lowest BCUT2D eigenvalue weighted by Crippen LogP contribution is -2.44. The Kier molecular flexibility index (Phi) is 2.86. The van der Waals surface area contributed by atoms with E-state index in [9.17, 15) is 9.90 Å². The maximum absolute atomic E-state index is 10.8. The second kappa shape index (κ2) is 4.42. The summed E-state index contributed by atoms with van der Waals surface area (Å²) in [5, 5.41) is 19.3. The van der Waals surface area contributed by atoms with Crippen molar-refractivity contribution in [2.45, 2.75) is 24.9 Å². The van der Waals surface area contributed by atoms with Crippen molar-refractivity contribution in [2.24, 2.45) is 5.92 Å². The van der Waals surface area contributed by atoms with Crippen molar-refractivity contribution >= 4 is 5.97 Å². The van der Waals surface area contributed by atoms with Gasteiger partial charge in [0.25, 0.3) is 0 Å². The van der Waals surface area contributed by atoms with Crippen LogP contribution in [0.1, 0.15) is 24.8 Å². The number of rotatable bonds is 2. The van der Waals surface area contributed by atoms with Crippen LogP contribution in [0.4, 0.5) is 0 Å². The third-order valence-corrected chi connectivity index (χ3v) is 3.80. The number of benzene rings is 1. The number of carboxylic acids is 1. The highest BCUT2D eigenvalue weighted by Crippen LogP contribution is 2.47. The van der Waals surface area contributed by atoms with Crippen molar-refractivity contribution in [1.29, 1.82) is 0 Å². The molecule has 2 N–H and O–H groups in total. The molecule has 0 spiro atoms. The van der Waals surface area contributed by atoms with Gasteiger partial charge in [-0.05, 0) is 30.5 Å². The largest absolute Gasteiger partial charge is 0.490 e. The number of aliphatic carboxylic acids is 1. The van der Waals surface area contributed by atoms with Crippen molar-refractivity contribution in [2.75, 3.05) is 13.2 Å². The van der Waals surface area contributed by atoms with E-state index in [4.69, 9.17) is 14.6 Å². The minimum atomic E-state index is -1.05. The Hall–Kier alpha value is -1.75. The van der Waals surface area contributed by atoms with Crippen LogP contribution >= 0.6 is 0 Å². The average molecular weight is 264 g/mol. The first-order valence-electron chi connectivity index (χ1n) is 6.44. The molecule has 0 amide bonds. The van der Waals surface area contributed by atoms with Crippen LogP contribution in [0.3, 0.4) is 0 Å². The van der Waals surface area contributed by atoms with E-state index in [-0.39, 0.29) is 12.8 Å². The summed E-state index contributed by atoms with van der Waals surface area (Å²) in [5.41, 5.74) is -0.345. The average Bonchev–Trinajstić information content (AvgIpc) is 2.58. The Morgan fingerprint density at radius 1 is 1.21 bits per heavy atom. The molecule has 1 heterocycles. The van der Waals surface area contributed by atoms with E-state index in [2.05, 4.69) is 0 Å². The molecule has 0 radical (unpaired) electrons. The number of carbonyl (C=O) groups is 1. The third kappa shape index (κ3) is 2.14. The molecule has 102 valence electrons. The Morgan fingerprint density at radius 2 is 1.89 bits per heavy atom. The van der Waals surface area contributed by atoms with Gasteiger partial charge in [0.2, 0.25) is 0 Å². The molecule has 1 aliphatic heterocycles. The van der Waals surface area contributed by atoms with Crippen LogP contribution in [0.25, 0.3) is 0 Å². The third-order valence-electron chi connectivity index (χ3n) is 3.80. The minimum Gasteiger partial charge on any atom is -0.490 e. The van der Waals surface area contributed by atoms with E-state index >= 15 is 0 Å². The first-order chi connectivity index (χ1) is 9.08. The normalized spacial score (nSPS) is 29.2. The molecule has 1 aromatic rings. The summed E-state index contributed by atoms with van der Waals surface area (Å²) in [6.07, 6.45) is 1.33. The predicted octanol–water partition coefficient (Wildman–Crippen LogP) is 1.53. The van der Waals surface area contributed by atoms with Gasteiger partial charge in [0.05, 0.1) is 24.7 Å². The highest BCUT2D eigenvalue weighted by Gasteiger charge is 2.47. The Balaban J connectivity index is 1.83. The van der Waals surface area contributed by atoms with Crippen molar-refractivity contribution in [1.82, 2.24) is 0 Å². The fourth-order valence-electron chi connectivity index (χ4n) is 2.62. The summed E-state index contributed by atoms with van der Waals surface area (Å²) in [6, 6.07) is 5.33. The fraction of sp³-hybridized carbons (Fsp3) is 0.500. The van der Waals surface area contributed by atoms with Gasteiger partial charge in [-0.3, -0.25) is 4.79 Å². The van der Waals surface area contributed by atoms with Crippen LogP contribution in [0.15, 0.2) is 18.2 Å². The van der Waals surface area contributed by atoms with Gasteiger partial charge in [-0.15, -0.1) is 0 Å². The number of hydrogen-bond donors (Lipinski definition) is 2. The van der Waals surface area contributed by atoms with Crippen LogP contribution in [-0.2, 0) is 10.4 Å². The van der Waals surface area contributed by atoms with Crippen molar-refractivity contribution in [3.63, 3.8) is 0 Å². The van der Waals surface area contributed by atoms with Crippen LogP contribution < -0.4 is 9.47 Å². The zero-order chi connectivity index (χ0) is 13.5. The van der Waals surface area contributed by atoms with E-state index in [0.29, 0.717) is 30.3 Å². The first kappa shape index (κ1) is 12.3. The molecule has 5 heteroatoms. The Labute approximate surface area is 110 Å². The predicted molar refractivity (Wildman–Crippen MR) is 66.3 cm³/mol. The van der Waals surface area contributed by atoms with Gasteiger partial charge in [-0.2, -0.15) is 0 Å². The second-order valence-electron chi connectivity index (χ2n) is 5.19. The van der Waals surface area contributed by atoms with Gasteiger partial charge in [-0.25, -0.2) is 0 Å². The quantitative estimate of drug-likeness (QED) is 0.847. The van der Waals surface area contributed by atoms with E-state index in [0.717, 1.165) is 6.42 Å². The molecule has 1 aliphatic carbocycles. The van der Waals surface area contributed by atoms with E-state index in [1.165, 1.54) is 0 Å². The van der Waals surface area contributed by atoms with Gasteiger partial charge in [0, 0.05) is 6.42 Å². The molecule has 1 fully saturated rings. The van der Waals surface area contributed by atoms with Gasteiger partial charge in [0.15, 0.2) is 11.5 Å². The molecule has 3 rings (SSSR count). The number of hydrogen-bond acceptors (Lipinski definition) is 4. The van der Waals surface area contributed by atoms with E-state index < -0.39 is 17.5 Å². The SMILES string of the molecule is O=C(O)C1CC(O)(c2ccc3c(c2)OCCCO3)C1. The minimum absolute atomic E-state index is 0.252. The monoisotopic (exact) mass is 264 g/mol. The standard InChI is InChI=1S/C14H16O5/c15-13(16)9-7-14(17,8-9)10-2-3-11-12(6-10)19-5-1-4-18-11/h2-3,6,9,17H,1,4-5,7-8H2,(H,15,16). The highest BCUT2D eigenvalue weighted by atomic mass is 16.5. The number of aliphatic hydroxyl groups is 1. The van der Waals surface area contributed by atoms with Gasteiger partial charge in [-0.1, -0.05) is 6.07 Å². The molecule has 0 atom stereocenters. The van der Waals surface area contributed by atoms with Crippen molar-refractivity contribution in [3.8, 4) is 11.5 Å². The molecule has 5 nitrogen and oxygen atoms in total. The lowest BCUT2D eigenvalue weighted by molar-refractivity contribution is -0.159. The van der Waals surface area contributed by atoms with E-state index in [1.54, 1.807) is 18.2 Å². The highest BCUT2D eigenvalue weighted by molar-refractivity contribution is 5.72. The fourth-order valence-corrected chi connectivity index (χ4v) is 2.62. The van der Waals surface area contributed by atoms with Crippen molar-refractivity contribution in [3.05, 3.63) is 23.8 Å². The van der Waals surface area contributed by atoms with Crippen LogP contribution in [0.2, 0.25) is 0 Å². The second-order valence-corrected chi connectivity index (χ2v) is 5.19. The van der Waals surface area contributed by atoms with Crippen LogP contribution in [0.5, 0.6) is 11.5 Å². The molecular weight excluding hydrogens is 248 g/mol. The maximum atomic E-state index is 10.8. The van der Waals surface area contributed by atoms with Crippen LogP contribution in [0, 0.1) is 5.92 Å². The molecular formula is C14H16O5. The molecule has 0 aromatic heterocycles. The summed E-state index contributed by atoms with van der Waals surface area (Å²) in [6.45, 7) is 1.21. The lowest BCUT2D eigenvalue weighted by Gasteiger charge is -2.42. The molecule has 0 unspecified atom stereocenters. The van der Waals surface area contributed by atoms with E-state index in [1.807, 2.05) is 0 Å². The maximum Gasteiger partial charge on any atom is 0.306 e. The van der Waals surface area contributed by atoms with Gasteiger partial charge < -0.3 is 19.7 Å². The molecule has 19 heavy (non-hydrogen) atoms. The van der Waals surface area contributed by atoms with Crippen molar-refractivity contribution < 1.29 is 24.5 Å². The Morgan fingerprint density at radius 3 is 2.58 bits per heavy atom. The van der Waals surface area contributed by atoms with Gasteiger partial charge >= 0.3 is 5.97 Å². The molecule has 0 bridgehead atoms. The summed E-state index contributed by atoms with van der Waals surface area (Å²) in [5.74, 6) is 0.00107. The lowest BCUT2D eigenvalue weighted by atomic mass is 9.67. The van der Waals surface area contributed by atoms with Gasteiger partial charge in [0.1, 0.15) is 0 Å². The number of fused-ring (bicyclic) bond motifs is 1. The molecule has 0 saturated heterocycles. The first-order valence-corrected chi connectivity index (χ1v) is 6.44. The molecule has 1 saturated carbocycles.